The molecule has 146 valence electrons. The Morgan fingerprint density at radius 2 is 2.21 bits per heavy atom. The quantitative estimate of drug-likeness (QED) is 0.219. The monoisotopic (exact) mass is 408 g/mol. The fourth-order valence-electron chi connectivity index (χ4n) is 3.05. The van der Waals surface area contributed by atoms with Crippen molar-refractivity contribution in [3.8, 4) is 17.0 Å². The summed E-state index contributed by atoms with van der Waals surface area (Å²) in [5.41, 5.74) is 2.12. The molecule has 0 atom stereocenters. The number of nitrogens with zero attached hydrogens (tertiary/aromatic N) is 3. The van der Waals surface area contributed by atoms with Gasteiger partial charge in [0.15, 0.2) is 10.7 Å². The van der Waals surface area contributed by atoms with Gasteiger partial charge in [0.1, 0.15) is 0 Å². The maximum absolute atomic E-state index is 12.4. The summed E-state index contributed by atoms with van der Waals surface area (Å²) in [5.74, 6) is -0.00167. The summed E-state index contributed by atoms with van der Waals surface area (Å²) in [6.45, 7) is 1.97. The Hall–Kier alpha value is -3.72. The number of nitro benzene ring substituents is 1. The summed E-state index contributed by atoms with van der Waals surface area (Å²) < 4.78 is 6.96. The number of imidazole rings is 1. The van der Waals surface area contributed by atoms with E-state index in [-0.39, 0.29) is 17.2 Å². The second-order valence-electron chi connectivity index (χ2n) is 6.27. The minimum absolute atomic E-state index is 0.144. The minimum atomic E-state index is -0.491. The summed E-state index contributed by atoms with van der Waals surface area (Å²) >= 11 is 1.50. The highest BCUT2D eigenvalue weighted by molar-refractivity contribution is 7.17. The molecule has 0 saturated carbocycles. The highest BCUT2D eigenvalue weighted by Crippen LogP contribution is 2.35. The van der Waals surface area contributed by atoms with Gasteiger partial charge in [-0.2, -0.15) is 0 Å². The number of aromatic amines is 1. The standard InChI is InChI=1S/C20H16N4O4S/c1-12-11-23-15(6-7-17(25)14-4-3-9-21-14)19(22-20(23)29-12)13-5-8-18(28-2)16(10-13)24(26)27/h3-11,21H,1-2H3. The predicted octanol–water partition coefficient (Wildman–Crippen LogP) is 4.51. The lowest BCUT2D eigenvalue weighted by atomic mass is 10.1. The van der Waals surface area contributed by atoms with Crippen LogP contribution in [0.15, 0.2) is 48.8 Å². The van der Waals surface area contributed by atoms with E-state index in [0.29, 0.717) is 22.6 Å². The highest BCUT2D eigenvalue weighted by atomic mass is 32.1. The van der Waals surface area contributed by atoms with E-state index in [4.69, 9.17) is 4.74 Å². The molecule has 0 amide bonds. The zero-order chi connectivity index (χ0) is 20.5. The minimum Gasteiger partial charge on any atom is -0.490 e. The topological polar surface area (TPSA) is 103 Å². The van der Waals surface area contributed by atoms with Crippen molar-refractivity contribution in [2.24, 2.45) is 0 Å². The summed E-state index contributed by atoms with van der Waals surface area (Å²) in [5, 5.41) is 11.4. The molecule has 4 rings (SSSR count). The lowest BCUT2D eigenvalue weighted by Gasteiger charge is -2.04. The maximum atomic E-state index is 12.4. The van der Waals surface area contributed by atoms with Gasteiger partial charge in [-0.05, 0) is 43.3 Å². The third-order valence-electron chi connectivity index (χ3n) is 4.38. The third-order valence-corrected chi connectivity index (χ3v) is 5.28. The van der Waals surface area contributed by atoms with Crippen LogP contribution in [0.3, 0.4) is 0 Å². The number of hydrogen-bond acceptors (Lipinski definition) is 6. The smallest absolute Gasteiger partial charge is 0.311 e. The van der Waals surface area contributed by atoms with Crippen LogP contribution in [0.4, 0.5) is 5.69 Å². The van der Waals surface area contributed by atoms with Crippen LogP contribution in [-0.4, -0.2) is 32.2 Å². The van der Waals surface area contributed by atoms with Crippen LogP contribution >= 0.6 is 11.3 Å². The second-order valence-corrected chi connectivity index (χ2v) is 7.48. The van der Waals surface area contributed by atoms with Crippen molar-refractivity contribution < 1.29 is 14.5 Å². The van der Waals surface area contributed by atoms with E-state index >= 15 is 0 Å². The van der Waals surface area contributed by atoms with Crippen LogP contribution in [0.25, 0.3) is 22.3 Å². The predicted molar refractivity (Wildman–Crippen MR) is 111 cm³/mol. The largest absolute Gasteiger partial charge is 0.490 e. The molecule has 0 fully saturated rings. The molecule has 1 aromatic carbocycles. The van der Waals surface area contributed by atoms with Gasteiger partial charge in [0.25, 0.3) is 0 Å². The molecule has 29 heavy (non-hydrogen) atoms. The summed E-state index contributed by atoms with van der Waals surface area (Å²) in [6, 6.07) is 8.14. The zero-order valence-electron chi connectivity index (χ0n) is 15.6. The fraction of sp³-hybridized carbons (Fsp3) is 0.100. The first-order chi connectivity index (χ1) is 14.0. The number of benzene rings is 1. The summed E-state index contributed by atoms with van der Waals surface area (Å²) in [7, 11) is 1.39. The molecule has 4 aromatic rings. The number of hydrogen-bond donors (Lipinski definition) is 1. The first-order valence-electron chi connectivity index (χ1n) is 8.65. The fourth-order valence-corrected chi connectivity index (χ4v) is 3.88. The van der Waals surface area contributed by atoms with Crippen molar-refractivity contribution in [1.82, 2.24) is 14.4 Å². The number of ketones is 1. The molecule has 8 nitrogen and oxygen atoms in total. The number of thiazole rings is 1. The zero-order valence-corrected chi connectivity index (χ0v) is 16.4. The van der Waals surface area contributed by atoms with Gasteiger partial charge >= 0.3 is 5.69 Å². The van der Waals surface area contributed by atoms with Gasteiger partial charge in [0, 0.05) is 28.9 Å². The van der Waals surface area contributed by atoms with E-state index in [9.17, 15) is 14.9 Å². The third kappa shape index (κ3) is 3.43. The molecule has 0 aliphatic rings. The summed E-state index contributed by atoms with van der Waals surface area (Å²) in [4.78, 5) is 32.6. The molecule has 0 aliphatic carbocycles. The molecule has 9 heteroatoms. The number of fused-ring (bicyclic) bond motifs is 1. The number of carbonyl (C=O) groups is 1. The normalized spacial score (nSPS) is 11.4. The number of carbonyl (C=O) groups excluding carboxylic acids is 1. The Kier molecular flexibility index (Phi) is 4.73. The van der Waals surface area contributed by atoms with E-state index in [1.165, 1.54) is 30.6 Å². The Morgan fingerprint density at radius 3 is 2.90 bits per heavy atom. The van der Waals surface area contributed by atoms with E-state index in [1.807, 2.05) is 17.5 Å². The molecular formula is C20H16N4O4S. The molecule has 0 aliphatic heterocycles. The SMILES string of the molecule is COc1ccc(-c2nc3sc(C)cn3c2C=CC(=O)c2ccc[nH]2)cc1[N+](=O)[O-]. The van der Waals surface area contributed by atoms with Gasteiger partial charge in [-0.15, -0.1) is 11.3 Å². The van der Waals surface area contributed by atoms with E-state index in [2.05, 4.69) is 9.97 Å². The highest BCUT2D eigenvalue weighted by Gasteiger charge is 2.20. The average Bonchev–Trinajstić information content (AvgIpc) is 3.42. The van der Waals surface area contributed by atoms with Gasteiger partial charge in [-0.3, -0.25) is 19.3 Å². The van der Waals surface area contributed by atoms with Gasteiger partial charge in [0.2, 0.25) is 5.78 Å². The number of nitro groups is 1. The molecule has 1 N–H and O–H groups in total. The summed E-state index contributed by atoms with van der Waals surface area (Å²) in [6.07, 6.45) is 6.75. The number of methoxy groups -OCH3 is 1. The molecule has 0 bridgehead atoms. The van der Waals surface area contributed by atoms with E-state index in [1.54, 1.807) is 36.5 Å². The van der Waals surface area contributed by atoms with Gasteiger partial charge in [-0.1, -0.05) is 0 Å². The number of aryl methyl sites for hydroxylation is 1. The molecule has 0 saturated heterocycles. The van der Waals surface area contributed by atoms with Crippen LogP contribution in [0.5, 0.6) is 5.75 Å². The van der Waals surface area contributed by atoms with Crippen molar-refractivity contribution >= 4 is 33.8 Å². The number of allylic oxidation sites excluding steroid dienone is 1. The number of nitrogens with one attached hydrogen (secondary N) is 1. The van der Waals surface area contributed by atoms with E-state index in [0.717, 1.165) is 9.84 Å². The van der Waals surface area contributed by atoms with Crippen molar-refractivity contribution in [3.63, 3.8) is 0 Å². The van der Waals surface area contributed by atoms with Crippen LogP contribution in [-0.2, 0) is 0 Å². The van der Waals surface area contributed by atoms with Crippen molar-refractivity contribution in [2.45, 2.75) is 6.92 Å². The number of rotatable bonds is 6. The lowest BCUT2D eigenvalue weighted by Crippen LogP contribution is -1.96. The molecule has 0 radical (unpaired) electrons. The number of aromatic nitrogens is 3. The Balaban J connectivity index is 1.84. The first kappa shape index (κ1) is 18.6. The van der Waals surface area contributed by atoms with Crippen LogP contribution in [0.1, 0.15) is 21.1 Å². The Labute approximate surface area is 169 Å². The Bertz CT molecular complexity index is 1250. The van der Waals surface area contributed by atoms with Crippen LogP contribution in [0.2, 0.25) is 0 Å². The Morgan fingerprint density at radius 1 is 1.38 bits per heavy atom. The second kappa shape index (κ2) is 7.36. The van der Waals surface area contributed by atoms with Crippen molar-refractivity contribution in [3.05, 3.63) is 75.2 Å². The molecular weight excluding hydrogens is 392 g/mol. The number of H-pyrrole nitrogens is 1. The van der Waals surface area contributed by atoms with E-state index < -0.39 is 4.92 Å². The van der Waals surface area contributed by atoms with Crippen molar-refractivity contribution in [2.75, 3.05) is 7.11 Å². The molecule has 0 unspecified atom stereocenters. The molecule has 0 spiro atoms. The van der Waals surface area contributed by atoms with Gasteiger partial charge < -0.3 is 9.72 Å². The first-order valence-corrected chi connectivity index (χ1v) is 9.46. The van der Waals surface area contributed by atoms with Crippen LogP contribution < -0.4 is 4.74 Å². The van der Waals surface area contributed by atoms with Crippen molar-refractivity contribution in [1.29, 1.82) is 0 Å². The lowest BCUT2D eigenvalue weighted by molar-refractivity contribution is -0.385. The average molecular weight is 408 g/mol. The number of ether oxygens (including phenoxy) is 1. The molecule has 3 heterocycles. The van der Waals surface area contributed by atoms with Gasteiger partial charge in [0.05, 0.1) is 29.1 Å². The van der Waals surface area contributed by atoms with Gasteiger partial charge in [-0.25, -0.2) is 4.98 Å². The molecule has 3 aromatic heterocycles. The maximum Gasteiger partial charge on any atom is 0.311 e. The van der Waals surface area contributed by atoms with Crippen LogP contribution in [0, 0.1) is 17.0 Å².